The second-order valence-electron chi connectivity index (χ2n) is 3.84. The first-order valence-corrected chi connectivity index (χ1v) is 4.79. The Bertz CT molecular complexity index is 498. The fourth-order valence-corrected chi connectivity index (χ4v) is 1.97. The van der Waals surface area contributed by atoms with E-state index in [9.17, 15) is 5.11 Å². The van der Waals surface area contributed by atoms with E-state index in [-0.39, 0.29) is 0 Å². The Hall–Kier alpha value is -1.50. The summed E-state index contributed by atoms with van der Waals surface area (Å²) in [7, 11) is 0. The molecule has 14 heavy (non-hydrogen) atoms. The summed E-state index contributed by atoms with van der Waals surface area (Å²) in [5, 5.41) is 11.9. The van der Waals surface area contributed by atoms with Crippen molar-refractivity contribution in [1.82, 2.24) is 0 Å². The largest absolute Gasteiger partial charge is 0.507 e. The van der Waals surface area contributed by atoms with Gasteiger partial charge in [0.15, 0.2) is 0 Å². The van der Waals surface area contributed by atoms with Gasteiger partial charge in [0.2, 0.25) is 0 Å². The van der Waals surface area contributed by atoms with Gasteiger partial charge in [-0.05, 0) is 48.9 Å². The first kappa shape index (κ1) is 9.07. The highest BCUT2D eigenvalue weighted by molar-refractivity contribution is 5.94. The molecule has 0 aromatic heterocycles. The van der Waals surface area contributed by atoms with E-state index < -0.39 is 0 Å². The molecule has 2 aromatic rings. The fourth-order valence-electron chi connectivity index (χ4n) is 1.97. The maximum Gasteiger partial charge on any atom is 0.123 e. The maximum atomic E-state index is 9.80. The van der Waals surface area contributed by atoms with Gasteiger partial charge in [-0.25, -0.2) is 0 Å². The molecule has 1 nitrogen and oxygen atoms in total. The van der Waals surface area contributed by atoms with E-state index in [2.05, 4.69) is 32.9 Å². The maximum absolute atomic E-state index is 9.80. The highest BCUT2D eigenvalue weighted by atomic mass is 16.3. The summed E-state index contributed by atoms with van der Waals surface area (Å²) in [5.41, 5.74) is 3.62. The molecule has 0 aliphatic rings. The normalized spacial score (nSPS) is 10.8. The van der Waals surface area contributed by atoms with Crippen molar-refractivity contribution in [2.75, 3.05) is 0 Å². The highest BCUT2D eigenvalue weighted by Crippen LogP contribution is 2.31. The average Bonchev–Trinajstić information content (AvgIpc) is 2.14. The quantitative estimate of drug-likeness (QED) is 0.668. The summed E-state index contributed by atoms with van der Waals surface area (Å²) < 4.78 is 0. The van der Waals surface area contributed by atoms with Crippen LogP contribution in [0.3, 0.4) is 0 Å². The molecule has 0 spiro atoms. The third-order valence-corrected chi connectivity index (χ3v) is 2.87. The van der Waals surface area contributed by atoms with Gasteiger partial charge in [-0.3, -0.25) is 0 Å². The predicted molar refractivity (Wildman–Crippen MR) is 59.8 cm³/mol. The molecule has 2 aromatic carbocycles. The number of fused-ring (bicyclic) bond motifs is 1. The minimum absolute atomic E-state index is 0.381. The van der Waals surface area contributed by atoms with Crippen molar-refractivity contribution in [1.29, 1.82) is 0 Å². The molecule has 72 valence electrons. The van der Waals surface area contributed by atoms with Gasteiger partial charge in [0, 0.05) is 5.39 Å². The van der Waals surface area contributed by atoms with E-state index in [4.69, 9.17) is 0 Å². The number of rotatable bonds is 0. The zero-order valence-corrected chi connectivity index (χ0v) is 8.76. The van der Waals surface area contributed by atoms with Crippen LogP contribution >= 0.6 is 0 Å². The van der Waals surface area contributed by atoms with Crippen molar-refractivity contribution in [3.63, 3.8) is 0 Å². The lowest BCUT2D eigenvalue weighted by molar-refractivity contribution is 0.481. The van der Waals surface area contributed by atoms with E-state index >= 15 is 0 Å². The molecule has 0 aliphatic carbocycles. The first-order chi connectivity index (χ1) is 6.61. The van der Waals surface area contributed by atoms with Crippen LogP contribution in [0.25, 0.3) is 10.8 Å². The SMILES string of the molecule is Cc1cc(C)c2cccc(O)c2c1C. The molecule has 0 radical (unpaired) electrons. The Morgan fingerprint density at radius 1 is 1.00 bits per heavy atom. The fraction of sp³-hybridized carbons (Fsp3) is 0.231. The summed E-state index contributed by atoms with van der Waals surface area (Å²) in [4.78, 5) is 0. The molecule has 0 atom stereocenters. The molecule has 0 unspecified atom stereocenters. The highest BCUT2D eigenvalue weighted by Gasteiger charge is 2.06. The van der Waals surface area contributed by atoms with E-state index in [0.717, 1.165) is 10.8 Å². The Labute approximate surface area is 84.0 Å². The van der Waals surface area contributed by atoms with Gasteiger partial charge in [-0.1, -0.05) is 18.2 Å². The molecule has 0 heterocycles. The number of phenolic OH excluding ortho intramolecular Hbond substituents is 1. The van der Waals surface area contributed by atoms with Gasteiger partial charge in [0.1, 0.15) is 5.75 Å². The van der Waals surface area contributed by atoms with Crippen LogP contribution in [-0.4, -0.2) is 5.11 Å². The Morgan fingerprint density at radius 2 is 1.71 bits per heavy atom. The van der Waals surface area contributed by atoms with Crippen molar-refractivity contribution in [2.24, 2.45) is 0 Å². The molecule has 1 N–H and O–H groups in total. The Kier molecular flexibility index (Phi) is 1.95. The third kappa shape index (κ3) is 1.17. The number of hydrogen-bond donors (Lipinski definition) is 1. The van der Waals surface area contributed by atoms with Crippen LogP contribution in [0.5, 0.6) is 5.75 Å². The number of aryl methyl sites for hydroxylation is 3. The van der Waals surface area contributed by atoms with Crippen LogP contribution in [0.4, 0.5) is 0 Å². The number of phenols is 1. The van der Waals surface area contributed by atoms with Crippen LogP contribution in [0, 0.1) is 20.8 Å². The van der Waals surface area contributed by atoms with Crippen LogP contribution < -0.4 is 0 Å². The molecular weight excluding hydrogens is 172 g/mol. The smallest absolute Gasteiger partial charge is 0.123 e. The molecular formula is C13H14O. The van der Waals surface area contributed by atoms with Gasteiger partial charge in [-0.2, -0.15) is 0 Å². The summed E-state index contributed by atoms with van der Waals surface area (Å²) in [5.74, 6) is 0.381. The molecule has 1 heteroatoms. The van der Waals surface area contributed by atoms with Crippen molar-refractivity contribution >= 4 is 10.8 Å². The summed E-state index contributed by atoms with van der Waals surface area (Å²) in [6.45, 7) is 6.21. The van der Waals surface area contributed by atoms with E-state index in [1.165, 1.54) is 16.7 Å². The molecule has 0 fully saturated rings. The van der Waals surface area contributed by atoms with E-state index in [0.29, 0.717) is 5.75 Å². The summed E-state index contributed by atoms with van der Waals surface area (Å²) in [6, 6.07) is 7.85. The van der Waals surface area contributed by atoms with Crippen molar-refractivity contribution in [3.8, 4) is 5.75 Å². The zero-order chi connectivity index (χ0) is 10.3. The van der Waals surface area contributed by atoms with Crippen molar-refractivity contribution < 1.29 is 5.11 Å². The molecule has 0 aliphatic heterocycles. The Morgan fingerprint density at radius 3 is 2.43 bits per heavy atom. The van der Waals surface area contributed by atoms with E-state index in [1.807, 2.05) is 6.07 Å². The lowest BCUT2D eigenvalue weighted by Gasteiger charge is -2.10. The molecule has 0 amide bonds. The number of aromatic hydroxyl groups is 1. The van der Waals surface area contributed by atoms with Crippen LogP contribution in [0.1, 0.15) is 16.7 Å². The molecule has 2 rings (SSSR count). The summed E-state index contributed by atoms with van der Waals surface area (Å²) in [6.07, 6.45) is 0. The average molecular weight is 186 g/mol. The van der Waals surface area contributed by atoms with Crippen LogP contribution in [0.2, 0.25) is 0 Å². The monoisotopic (exact) mass is 186 g/mol. The van der Waals surface area contributed by atoms with Crippen LogP contribution in [-0.2, 0) is 0 Å². The van der Waals surface area contributed by atoms with Gasteiger partial charge >= 0.3 is 0 Å². The number of hydrogen-bond acceptors (Lipinski definition) is 1. The lowest BCUT2D eigenvalue weighted by atomic mass is 9.96. The van der Waals surface area contributed by atoms with Gasteiger partial charge in [0.05, 0.1) is 0 Å². The van der Waals surface area contributed by atoms with E-state index in [1.54, 1.807) is 6.07 Å². The third-order valence-electron chi connectivity index (χ3n) is 2.87. The molecule has 0 saturated heterocycles. The Balaban J connectivity index is 3.03. The minimum Gasteiger partial charge on any atom is -0.507 e. The first-order valence-electron chi connectivity index (χ1n) is 4.79. The van der Waals surface area contributed by atoms with Gasteiger partial charge < -0.3 is 5.11 Å². The summed E-state index contributed by atoms with van der Waals surface area (Å²) >= 11 is 0. The van der Waals surface area contributed by atoms with Crippen molar-refractivity contribution in [3.05, 3.63) is 41.0 Å². The molecule has 0 saturated carbocycles. The van der Waals surface area contributed by atoms with Gasteiger partial charge in [0.25, 0.3) is 0 Å². The number of benzene rings is 2. The van der Waals surface area contributed by atoms with Gasteiger partial charge in [-0.15, -0.1) is 0 Å². The zero-order valence-electron chi connectivity index (χ0n) is 8.76. The minimum atomic E-state index is 0.381. The van der Waals surface area contributed by atoms with Crippen LogP contribution in [0.15, 0.2) is 24.3 Å². The second kappa shape index (κ2) is 3.02. The second-order valence-corrected chi connectivity index (χ2v) is 3.84. The topological polar surface area (TPSA) is 20.2 Å². The van der Waals surface area contributed by atoms with Crippen molar-refractivity contribution in [2.45, 2.75) is 20.8 Å². The lowest BCUT2D eigenvalue weighted by Crippen LogP contribution is -1.87. The standard InChI is InChI=1S/C13H14O/c1-8-7-9(2)11-5-4-6-12(14)13(11)10(8)3/h4-7,14H,1-3H3. The molecule has 0 bridgehead atoms. The predicted octanol–water partition coefficient (Wildman–Crippen LogP) is 3.47.